The summed E-state index contributed by atoms with van der Waals surface area (Å²) in [5.41, 5.74) is 0.278. The zero-order valence-electron chi connectivity index (χ0n) is 12.5. The lowest BCUT2D eigenvalue weighted by Gasteiger charge is -2.10. The van der Waals surface area contributed by atoms with Crippen LogP contribution in [0.3, 0.4) is 0 Å². The molecule has 2 aromatic carbocycles. The van der Waals surface area contributed by atoms with E-state index in [1.165, 1.54) is 18.2 Å². The smallest absolute Gasteiger partial charge is 0.309 e. The van der Waals surface area contributed by atoms with Gasteiger partial charge in [0.05, 0.1) is 17.0 Å². The second kappa shape index (κ2) is 6.29. The minimum Gasteiger partial charge on any atom is -0.481 e. The van der Waals surface area contributed by atoms with Gasteiger partial charge in [0, 0.05) is 5.39 Å². The Balaban J connectivity index is 1.98. The number of nitrogens with one attached hydrogen (secondary N) is 1. The van der Waals surface area contributed by atoms with Gasteiger partial charge >= 0.3 is 5.97 Å². The third-order valence-corrected chi connectivity index (χ3v) is 4.83. The van der Waals surface area contributed by atoms with Gasteiger partial charge in [-0.2, -0.15) is 0 Å². The van der Waals surface area contributed by atoms with Crippen molar-refractivity contribution >= 4 is 32.6 Å². The molecule has 0 atom stereocenters. The summed E-state index contributed by atoms with van der Waals surface area (Å²) in [5, 5.41) is 10.2. The zero-order chi connectivity index (χ0) is 17.2. The highest BCUT2D eigenvalue weighted by Crippen LogP contribution is 2.24. The number of hydrogen-bond donors (Lipinski definition) is 2. The highest BCUT2D eigenvalue weighted by molar-refractivity contribution is 7.93. The fourth-order valence-corrected chi connectivity index (χ4v) is 3.64. The molecule has 0 aliphatic heterocycles. The summed E-state index contributed by atoms with van der Waals surface area (Å²) >= 11 is 0. The van der Waals surface area contributed by atoms with Crippen LogP contribution in [0.25, 0.3) is 10.8 Å². The molecule has 0 saturated heterocycles. The monoisotopic (exact) mass is 342 g/mol. The first-order valence-corrected chi connectivity index (χ1v) is 8.62. The van der Waals surface area contributed by atoms with Crippen molar-refractivity contribution in [2.45, 2.75) is 11.3 Å². The lowest BCUT2D eigenvalue weighted by molar-refractivity contribution is -0.136. The quantitative estimate of drug-likeness (QED) is 0.743. The van der Waals surface area contributed by atoms with E-state index in [9.17, 15) is 13.2 Å². The van der Waals surface area contributed by atoms with Gasteiger partial charge < -0.3 is 5.11 Å². The Bertz CT molecular complexity index is 1010. The molecule has 6 nitrogen and oxygen atoms in total. The SMILES string of the molecule is O=C(O)Cc1cccc(NS(=O)(=O)c2cccc3ccccc23)n1. The van der Waals surface area contributed by atoms with Crippen molar-refractivity contribution in [3.05, 3.63) is 66.4 Å². The van der Waals surface area contributed by atoms with Crippen LogP contribution in [0.4, 0.5) is 5.82 Å². The minimum absolute atomic E-state index is 0.0849. The van der Waals surface area contributed by atoms with Crippen LogP contribution in [0.5, 0.6) is 0 Å². The first kappa shape index (κ1) is 15.9. The van der Waals surface area contributed by atoms with E-state index >= 15 is 0 Å². The average Bonchev–Trinajstić information content (AvgIpc) is 2.53. The highest BCUT2D eigenvalue weighted by Gasteiger charge is 2.18. The summed E-state index contributed by atoms with van der Waals surface area (Å²) in [6, 6.07) is 16.8. The molecule has 122 valence electrons. The molecule has 0 amide bonds. The van der Waals surface area contributed by atoms with Crippen molar-refractivity contribution in [2.24, 2.45) is 0 Å². The predicted molar refractivity (Wildman–Crippen MR) is 90.3 cm³/mol. The van der Waals surface area contributed by atoms with Gasteiger partial charge in [0.2, 0.25) is 0 Å². The Labute approximate surface area is 138 Å². The van der Waals surface area contributed by atoms with E-state index in [4.69, 9.17) is 5.11 Å². The van der Waals surface area contributed by atoms with Crippen LogP contribution in [0.15, 0.2) is 65.6 Å². The molecule has 0 unspecified atom stereocenters. The molecule has 3 rings (SSSR count). The molecule has 2 N–H and O–H groups in total. The molecule has 1 heterocycles. The Morgan fingerprint density at radius 2 is 1.71 bits per heavy atom. The van der Waals surface area contributed by atoms with Crippen LogP contribution < -0.4 is 4.72 Å². The maximum atomic E-state index is 12.7. The Kier molecular flexibility index (Phi) is 4.18. The summed E-state index contributed by atoms with van der Waals surface area (Å²) in [6.45, 7) is 0. The van der Waals surface area contributed by atoms with E-state index in [2.05, 4.69) is 9.71 Å². The average molecular weight is 342 g/mol. The molecule has 0 radical (unpaired) electrons. The summed E-state index contributed by atoms with van der Waals surface area (Å²) < 4.78 is 27.8. The lowest BCUT2D eigenvalue weighted by Crippen LogP contribution is -2.15. The summed E-state index contributed by atoms with van der Waals surface area (Å²) in [5.74, 6) is -0.946. The molecule has 0 aliphatic carbocycles. The summed E-state index contributed by atoms with van der Waals surface area (Å²) in [7, 11) is -3.85. The van der Waals surface area contributed by atoms with Crippen LogP contribution >= 0.6 is 0 Å². The van der Waals surface area contributed by atoms with Gasteiger partial charge in [0.15, 0.2) is 0 Å². The third-order valence-electron chi connectivity index (χ3n) is 3.42. The number of benzene rings is 2. The number of pyridine rings is 1. The van der Waals surface area contributed by atoms with Crippen LogP contribution in [-0.4, -0.2) is 24.5 Å². The van der Waals surface area contributed by atoms with E-state index in [-0.39, 0.29) is 22.8 Å². The van der Waals surface area contributed by atoms with Crippen molar-refractivity contribution in [1.29, 1.82) is 0 Å². The fourth-order valence-electron chi connectivity index (χ4n) is 2.41. The number of nitrogens with zero attached hydrogens (tertiary/aromatic N) is 1. The normalized spacial score (nSPS) is 11.3. The predicted octanol–water partition coefficient (Wildman–Crippen LogP) is 2.66. The summed E-state index contributed by atoms with van der Waals surface area (Å²) in [4.78, 5) is 14.9. The highest BCUT2D eigenvalue weighted by atomic mass is 32.2. The molecule has 1 aromatic heterocycles. The molecule has 0 aliphatic rings. The number of fused-ring (bicyclic) bond motifs is 1. The largest absolute Gasteiger partial charge is 0.481 e. The minimum atomic E-state index is -3.85. The molecule has 0 fully saturated rings. The van der Waals surface area contributed by atoms with E-state index in [0.717, 1.165) is 5.39 Å². The molecule has 0 spiro atoms. The Hall–Kier alpha value is -2.93. The fraction of sp³-hybridized carbons (Fsp3) is 0.0588. The van der Waals surface area contributed by atoms with E-state index in [0.29, 0.717) is 5.39 Å². The number of hydrogen-bond acceptors (Lipinski definition) is 4. The van der Waals surface area contributed by atoms with Crippen LogP contribution in [0.2, 0.25) is 0 Å². The maximum absolute atomic E-state index is 12.7. The molecule has 0 saturated carbocycles. The third kappa shape index (κ3) is 3.36. The standard InChI is InChI=1S/C17H14N2O4S/c20-17(21)11-13-7-4-10-16(18-13)19-24(22,23)15-9-3-6-12-5-1-2-8-14(12)15/h1-10H,11H2,(H,18,19)(H,20,21). The Morgan fingerprint density at radius 1 is 1.00 bits per heavy atom. The molecule has 7 heteroatoms. The summed E-state index contributed by atoms with van der Waals surface area (Å²) in [6.07, 6.45) is -0.274. The molecule has 3 aromatic rings. The van der Waals surface area contributed by atoms with Crippen LogP contribution in [0, 0.1) is 0 Å². The van der Waals surface area contributed by atoms with Gasteiger partial charge in [-0.25, -0.2) is 13.4 Å². The topological polar surface area (TPSA) is 96.4 Å². The van der Waals surface area contributed by atoms with Gasteiger partial charge in [-0.1, -0.05) is 42.5 Å². The van der Waals surface area contributed by atoms with Gasteiger partial charge in [-0.05, 0) is 23.6 Å². The molecule has 0 bridgehead atoms. The maximum Gasteiger partial charge on any atom is 0.309 e. The zero-order valence-corrected chi connectivity index (χ0v) is 13.3. The first-order valence-electron chi connectivity index (χ1n) is 7.14. The lowest BCUT2D eigenvalue weighted by atomic mass is 10.1. The van der Waals surface area contributed by atoms with Crippen molar-refractivity contribution in [3.8, 4) is 0 Å². The number of aromatic nitrogens is 1. The van der Waals surface area contributed by atoms with E-state index in [1.54, 1.807) is 24.3 Å². The van der Waals surface area contributed by atoms with Gasteiger partial charge in [-0.15, -0.1) is 0 Å². The second-order valence-electron chi connectivity index (χ2n) is 5.17. The van der Waals surface area contributed by atoms with Crippen LogP contribution in [-0.2, 0) is 21.2 Å². The van der Waals surface area contributed by atoms with Crippen molar-refractivity contribution in [1.82, 2.24) is 4.98 Å². The van der Waals surface area contributed by atoms with Gasteiger partial charge in [-0.3, -0.25) is 9.52 Å². The number of carboxylic acid groups (broad SMARTS) is 1. The van der Waals surface area contributed by atoms with Crippen LogP contribution in [0.1, 0.15) is 5.69 Å². The van der Waals surface area contributed by atoms with Gasteiger partial charge in [0.25, 0.3) is 10.0 Å². The van der Waals surface area contributed by atoms with Gasteiger partial charge in [0.1, 0.15) is 5.82 Å². The number of carbonyl (C=O) groups is 1. The number of sulfonamides is 1. The van der Waals surface area contributed by atoms with Crippen molar-refractivity contribution < 1.29 is 18.3 Å². The number of carboxylic acids is 1. The molecular formula is C17H14N2O4S. The van der Waals surface area contributed by atoms with Crippen molar-refractivity contribution in [3.63, 3.8) is 0 Å². The molecular weight excluding hydrogens is 328 g/mol. The molecule has 24 heavy (non-hydrogen) atoms. The number of anilines is 1. The number of aliphatic carboxylic acids is 1. The van der Waals surface area contributed by atoms with E-state index in [1.807, 2.05) is 18.2 Å². The Morgan fingerprint density at radius 3 is 2.50 bits per heavy atom. The van der Waals surface area contributed by atoms with E-state index < -0.39 is 16.0 Å². The first-order chi connectivity index (χ1) is 11.5. The second-order valence-corrected chi connectivity index (χ2v) is 6.82. The van der Waals surface area contributed by atoms with Crippen molar-refractivity contribution in [2.75, 3.05) is 4.72 Å². The number of rotatable bonds is 5.